The van der Waals surface area contributed by atoms with Gasteiger partial charge in [-0.3, -0.25) is 9.69 Å². The van der Waals surface area contributed by atoms with Crippen molar-refractivity contribution in [3.63, 3.8) is 0 Å². The lowest BCUT2D eigenvalue weighted by atomic mass is 9.94. The second-order valence-corrected chi connectivity index (χ2v) is 7.42. The van der Waals surface area contributed by atoms with Gasteiger partial charge in [0.15, 0.2) is 0 Å². The number of esters is 1. The topological polar surface area (TPSA) is 87.7 Å². The van der Waals surface area contributed by atoms with E-state index in [9.17, 15) is 14.4 Å². The van der Waals surface area contributed by atoms with E-state index in [2.05, 4.69) is 10.6 Å². The number of nitrogens with zero attached hydrogens (tertiary/aromatic N) is 1. The van der Waals surface area contributed by atoms with Crippen molar-refractivity contribution in [2.24, 2.45) is 0 Å². The van der Waals surface area contributed by atoms with Crippen LogP contribution in [0.15, 0.2) is 59.8 Å². The number of hydrogen-bond donors (Lipinski definition) is 2. The van der Waals surface area contributed by atoms with Crippen molar-refractivity contribution in [3.8, 4) is 0 Å². The smallest absolute Gasteiger partial charge is 0.337 e. The molecule has 0 radical (unpaired) electrons. The van der Waals surface area contributed by atoms with Crippen molar-refractivity contribution < 1.29 is 19.1 Å². The van der Waals surface area contributed by atoms with Crippen LogP contribution in [0.25, 0.3) is 0 Å². The summed E-state index contributed by atoms with van der Waals surface area (Å²) < 4.78 is 4.99. The number of carbonyl (C=O) groups is 3. The number of allylic oxidation sites excluding steroid dienone is 1. The summed E-state index contributed by atoms with van der Waals surface area (Å²) in [6.07, 6.45) is 0.754. The standard InChI is InChI=1S/C24H27N3O4/c1-5-13-27-16(3)20(23(29)31-4)21(26-24(27)30)17-10-8-11-18(14-17)25-22(28)19-12-7-6-9-15(19)2/h6-12,14,21H,5,13H2,1-4H3,(H,25,28)(H,26,30)/t21-/m0/s1. The minimum absolute atomic E-state index is 0.225. The van der Waals surface area contributed by atoms with Crippen LogP contribution in [0.2, 0.25) is 0 Å². The van der Waals surface area contributed by atoms with Crippen LogP contribution >= 0.6 is 0 Å². The Kier molecular flexibility index (Phi) is 6.74. The Balaban J connectivity index is 1.95. The van der Waals surface area contributed by atoms with Crippen molar-refractivity contribution in [1.29, 1.82) is 0 Å². The van der Waals surface area contributed by atoms with Gasteiger partial charge in [0.2, 0.25) is 0 Å². The van der Waals surface area contributed by atoms with E-state index in [1.54, 1.807) is 42.2 Å². The Morgan fingerprint density at radius 3 is 2.55 bits per heavy atom. The van der Waals surface area contributed by atoms with Crippen molar-refractivity contribution >= 4 is 23.6 Å². The zero-order valence-corrected chi connectivity index (χ0v) is 18.2. The third-order valence-electron chi connectivity index (χ3n) is 5.32. The van der Waals surface area contributed by atoms with E-state index in [0.29, 0.717) is 34.6 Å². The highest BCUT2D eigenvalue weighted by atomic mass is 16.5. The number of urea groups is 1. The van der Waals surface area contributed by atoms with Crippen molar-refractivity contribution in [2.75, 3.05) is 19.0 Å². The number of ether oxygens (including phenoxy) is 1. The van der Waals surface area contributed by atoms with Crippen LogP contribution in [0, 0.1) is 6.92 Å². The van der Waals surface area contributed by atoms with Gasteiger partial charge < -0.3 is 15.4 Å². The van der Waals surface area contributed by atoms with E-state index in [1.165, 1.54) is 7.11 Å². The van der Waals surface area contributed by atoms with E-state index >= 15 is 0 Å². The maximum atomic E-state index is 12.7. The summed E-state index contributed by atoms with van der Waals surface area (Å²) in [6.45, 7) is 6.08. The second-order valence-electron chi connectivity index (χ2n) is 7.42. The van der Waals surface area contributed by atoms with Gasteiger partial charge in [0, 0.05) is 23.5 Å². The summed E-state index contributed by atoms with van der Waals surface area (Å²) in [7, 11) is 1.32. The van der Waals surface area contributed by atoms with Gasteiger partial charge in [0.05, 0.1) is 18.7 Å². The first-order valence-electron chi connectivity index (χ1n) is 10.2. The molecular formula is C24H27N3O4. The molecule has 2 N–H and O–H groups in total. The van der Waals surface area contributed by atoms with Gasteiger partial charge in [0.1, 0.15) is 0 Å². The van der Waals surface area contributed by atoms with E-state index in [1.807, 2.05) is 32.0 Å². The van der Waals surface area contributed by atoms with Gasteiger partial charge in [0.25, 0.3) is 5.91 Å². The van der Waals surface area contributed by atoms with E-state index in [-0.39, 0.29) is 11.9 Å². The van der Waals surface area contributed by atoms with Gasteiger partial charge in [-0.05, 0) is 49.6 Å². The van der Waals surface area contributed by atoms with Crippen molar-refractivity contribution in [2.45, 2.75) is 33.2 Å². The fraction of sp³-hybridized carbons (Fsp3) is 0.292. The first-order chi connectivity index (χ1) is 14.9. The molecule has 1 atom stereocenters. The largest absolute Gasteiger partial charge is 0.466 e. The van der Waals surface area contributed by atoms with Crippen LogP contribution in [0.4, 0.5) is 10.5 Å². The quantitative estimate of drug-likeness (QED) is 0.685. The van der Waals surface area contributed by atoms with Gasteiger partial charge in [-0.2, -0.15) is 0 Å². The molecule has 7 heteroatoms. The summed E-state index contributed by atoms with van der Waals surface area (Å²) in [5, 5.41) is 5.79. The van der Waals surface area contributed by atoms with E-state index in [4.69, 9.17) is 4.74 Å². The maximum absolute atomic E-state index is 12.7. The van der Waals surface area contributed by atoms with E-state index in [0.717, 1.165) is 12.0 Å². The summed E-state index contributed by atoms with van der Waals surface area (Å²) in [5.41, 5.74) is 3.64. The van der Waals surface area contributed by atoms with Gasteiger partial charge in [-0.15, -0.1) is 0 Å². The number of carbonyl (C=O) groups excluding carboxylic acids is 3. The number of aryl methyl sites for hydroxylation is 1. The molecule has 7 nitrogen and oxygen atoms in total. The summed E-state index contributed by atoms with van der Waals surface area (Å²) in [5.74, 6) is -0.727. The third kappa shape index (κ3) is 4.60. The molecule has 0 spiro atoms. The number of anilines is 1. The molecule has 31 heavy (non-hydrogen) atoms. The fourth-order valence-corrected chi connectivity index (χ4v) is 3.72. The predicted molar refractivity (Wildman–Crippen MR) is 119 cm³/mol. The van der Waals surface area contributed by atoms with Crippen LogP contribution in [-0.2, 0) is 9.53 Å². The molecule has 0 saturated carbocycles. The highest BCUT2D eigenvalue weighted by Crippen LogP contribution is 2.32. The molecule has 2 aromatic carbocycles. The first-order valence-corrected chi connectivity index (χ1v) is 10.2. The van der Waals surface area contributed by atoms with Crippen molar-refractivity contribution in [1.82, 2.24) is 10.2 Å². The Morgan fingerprint density at radius 2 is 1.87 bits per heavy atom. The lowest BCUT2D eigenvalue weighted by Gasteiger charge is -2.35. The zero-order valence-electron chi connectivity index (χ0n) is 18.2. The van der Waals surface area contributed by atoms with Crippen LogP contribution in [0.3, 0.4) is 0 Å². The number of nitrogens with one attached hydrogen (secondary N) is 2. The summed E-state index contributed by atoms with van der Waals surface area (Å²) in [6, 6.07) is 13.5. The van der Waals surface area contributed by atoms with Gasteiger partial charge in [-0.25, -0.2) is 9.59 Å². The molecule has 0 unspecified atom stereocenters. The number of amides is 3. The molecule has 0 aromatic heterocycles. The van der Waals surface area contributed by atoms with E-state index < -0.39 is 12.0 Å². The molecule has 0 aliphatic carbocycles. The Hall–Kier alpha value is -3.61. The normalized spacial score (nSPS) is 16.1. The van der Waals surface area contributed by atoms with Crippen LogP contribution in [0.5, 0.6) is 0 Å². The average Bonchev–Trinajstić information content (AvgIpc) is 2.76. The SMILES string of the molecule is CCCN1C(=O)N[C@@H](c2cccc(NC(=O)c3ccccc3C)c2)C(C(=O)OC)=C1C. The molecular weight excluding hydrogens is 394 g/mol. The lowest BCUT2D eigenvalue weighted by Crippen LogP contribution is -2.48. The monoisotopic (exact) mass is 421 g/mol. The number of methoxy groups -OCH3 is 1. The minimum atomic E-state index is -0.677. The molecule has 162 valence electrons. The molecule has 2 aromatic rings. The molecule has 3 amide bonds. The molecule has 3 rings (SSSR count). The summed E-state index contributed by atoms with van der Waals surface area (Å²) in [4.78, 5) is 39.5. The lowest BCUT2D eigenvalue weighted by molar-refractivity contribution is -0.136. The number of rotatable bonds is 6. The number of benzene rings is 2. The van der Waals surface area contributed by atoms with Crippen LogP contribution < -0.4 is 10.6 Å². The highest BCUT2D eigenvalue weighted by Gasteiger charge is 2.36. The third-order valence-corrected chi connectivity index (χ3v) is 5.32. The molecule has 0 saturated heterocycles. The first kappa shape index (κ1) is 22.1. The molecule has 1 heterocycles. The Morgan fingerprint density at radius 1 is 1.13 bits per heavy atom. The minimum Gasteiger partial charge on any atom is -0.466 e. The molecule has 0 bridgehead atoms. The van der Waals surface area contributed by atoms with Crippen LogP contribution in [-0.4, -0.2) is 36.5 Å². The van der Waals surface area contributed by atoms with Gasteiger partial charge in [-0.1, -0.05) is 37.3 Å². The van der Waals surface area contributed by atoms with Crippen molar-refractivity contribution in [3.05, 3.63) is 76.5 Å². The Labute approximate surface area is 182 Å². The zero-order chi connectivity index (χ0) is 22.5. The average molecular weight is 421 g/mol. The molecule has 1 aliphatic rings. The van der Waals surface area contributed by atoms with Gasteiger partial charge >= 0.3 is 12.0 Å². The highest BCUT2D eigenvalue weighted by molar-refractivity contribution is 6.05. The summed E-state index contributed by atoms with van der Waals surface area (Å²) >= 11 is 0. The number of hydrogen-bond acceptors (Lipinski definition) is 4. The molecule has 0 fully saturated rings. The van der Waals surface area contributed by atoms with Crippen LogP contribution in [0.1, 0.15) is 47.8 Å². The molecule has 1 aliphatic heterocycles. The predicted octanol–water partition coefficient (Wildman–Crippen LogP) is 4.17. The fourth-order valence-electron chi connectivity index (χ4n) is 3.72. The second kappa shape index (κ2) is 9.47. The Bertz CT molecular complexity index is 1040. The maximum Gasteiger partial charge on any atom is 0.337 e.